The van der Waals surface area contributed by atoms with Gasteiger partial charge in [0.1, 0.15) is 0 Å². The highest BCUT2D eigenvalue weighted by Gasteiger charge is 2.58. The highest BCUT2D eigenvalue weighted by atomic mass is 28.4. The van der Waals surface area contributed by atoms with Gasteiger partial charge in [0.05, 0.1) is 36.8 Å². The van der Waals surface area contributed by atoms with E-state index < -0.39 is 38.8 Å². The maximum atomic E-state index is 14.4. The maximum Gasteiger partial charge on any atom is 0.488 e. The summed E-state index contributed by atoms with van der Waals surface area (Å²) in [5.74, 6) is -3.30. The van der Waals surface area contributed by atoms with Crippen LogP contribution in [0.1, 0.15) is 58.9 Å². The van der Waals surface area contributed by atoms with E-state index in [4.69, 9.17) is 9.16 Å². The number of anilines is 1. The van der Waals surface area contributed by atoms with Crippen molar-refractivity contribution in [2.45, 2.75) is 64.5 Å². The summed E-state index contributed by atoms with van der Waals surface area (Å²) >= 11 is 0. The van der Waals surface area contributed by atoms with Crippen molar-refractivity contribution >= 4 is 54.8 Å². The van der Waals surface area contributed by atoms with Crippen LogP contribution in [0.3, 0.4) is 0 Å². The number of nitrogens with zero attached hydrogens (tertiary/aromatic N) is 1. The molecule has 2 fully saturated rings. The molecule has 4 aromatic carbocycles. The van der Waals surface area contributed by atoms with Crippen molar-refractivity contribution in [3.63, 3.8) is 0 Å². The SMILES string of the molecule is CC/C(=C\c1ccc(O)c(F)c1)CC[C@H]1OC[C@H]2C1=C(CO[Si](c1ccccc1)(c1ccccc1)C(C)(C)C)C[C@H]1C(=O)N(c3cccc(B(O)O)c3)C(=O)[C@H]12. The zero-order valence-electron chi connectivity index (χ0n) is 32.3. The maximum absolute atomic E-state index is 14.4. The molecule has 11 heteroatoms. The van der Waals surface area contributed by atoms with Crippen LogP contribution in [0.25, 0.3) is 6.08 Å². The Kier molecular flexibility index (Phi) is 11.4. The number of rotatable bonds is 12. The highest BCUT2D eigenvalue weighted by molar-refractivity contribution is 6.99. The first-order valence-electron chi connectivity index (χ1n) is 19.4. The average Bonchev–Trinajstić information content (AvgIpc) is 3.72. The summed E-state index contributed by atoms with van der Waals surface area (Å²) in [4.78, 5) is 30.0. The molecule has 56 heavy (non-hydrogen) atoms. The van der Waals surface area contributed by atoms with Crippen molar-refractivity contribution in [1.82, 2.24) is 0 Å². The molecule has 290 valence electrons. The fraction of sp³-hybridized carbons (Fsp3) is 0.333. The lowest BCUT2D eigenvalue weighted by Crippen LogP contribution is -2.66. The van der Waals surface area contributed by atoms with Crippen molar-refractivity contribution in [3.8, 4) is 5.75 Å². The number of benzene rings is 4. The Balaban J connectivity index is 1.27. The molecule has 0 unspecified atom stereocenters. The van der Waals surface area contributed by atoms with E-state index in [1.54, 1.807) is 24.3 Å². The average molecular weight is 774 g/mol. The van der Waals surface area contributed by atoms with Gasteiger partial charge in [0.2, 0.25) is 11.8 Å². The van der Waals surface area contributed by atoms with Crippen molar-refractivity contribution in [3.05, 3.63) is 131 Å². The van der Waals surface area contributed by atoms with Gasteiger partial charge < -0.3 is 24.3 Å². The Bertz CT molecular complexity index is 2110. The van der Waals surface area contributed by atoms with Crippen LogP contribution in [0.5, 0.6) is 5.75 Å². The molecular formula is C45H49BFNO7Si. The Morgan fingerprint density at radius 3 is 2.21 bits per heavy atom. The van der Waals surface area contributed by atoms with E-state index in [2.05, 4.69) is 52.0 Å². The molecule has 8 nitrogen and oxygen atoms in total. The summed E-state index contributed by atoms with van der Waals surface area (Å²) in [5, 5.41) is 31.5. The second-order valence-corrected chi connectivity index (χ2v) is 20.5. The molecule has 2 saturated heterocycles. The second kappa shape index (κ2) is 16.1. The van der Waals surface area contributed by atoms with E-state index in [-0.39, 0.29) is 47.6 Å². The Morgan fingerprint density at radius 1 is 0.929 bits per heavy atom. The second-order valence-electron chi connectivity index (χ2n) is 16.2. The van der Waals surface area contributed by atoms with Gasteiger partial charge >= 0.3 is 7.12 Å². The molecule has 0 radical (unpaired) electrons. The van der Waals surface area contributed by atoms with Crippen LogP contribution in [0.2, 0.25) is 5.04 Å². The standard InChI is InChI=1S/C45H49BFNO7Si/c1-5-29(23-30-19-21-39(49)38(47)24-30)20-22-40-41-31(27-55-56(45(2,3)4,34-15-8-6-9-16-34)35-17-10-7-11-18-35)25-36-42(37(41)28-54-40)44(51)48(43(36)50)33-14-12-13-32(26-33)46(52)53/h6-19,21,23-24,26,36-37,40,42,49,52-53H,5,20,22,25,27-28H2,1-4H3/b29-23+/t36-,37+,40-,42-/m1/s1. The van der Waals surface area contributed by atoms with E-state index in [0.717, 1.165) is 33.5 Å². The smallest absolute Gasteiger partial charge is 0.488 e. The summed E-state index contributed by atoms with van der Waals surface area (Å²) in [5.41, 5.74) is 4.26. The number of hydrogen-bond donors (Lipinski definition) is 3. The molecule has 1 aliphatic carbocycles. The van der Waals surface area contributed by atoms with Crippen LogP contribution in [0, 0.1) is 23.6 Å². The lowest BCUT2D eigenvalue weighted by atomic mass is 9.69. The quantitative estimate of drug-likeness (QED) is 0.0936. The summed E-state index contributed by atoms with van der Waals surface area (Å²) in [6.45, 7) is 9.28. The monoisotopic (exact) mass is 773 g/mol. The Hall–Kier alpha value is -4.65. The third kappa shape index (κ3) is 7.34. The van der Waals surface area contributed by atoms with Gasteiger partial charge in [0, 0.05) is 5.92 Å². The predicted octanol–water partition coefficient (Wildman–Crippen LogP) is 5.88. The van der Waals surface area contributed by atoms with Crippen molar-refractivity contribution in [2.24, 2.45) is 17.8 Å². The Labute approximate surface area is 329 Å². The summed E-state index contributed by atoms with van der Waals surface area (Å²) in [7, 11) is -4.73. The van der Waals surface area contributed by atoms with E-state index in [0.29, 0.717) is 30.5 Å². The molecule has 0 spiro atoms. The van der Waals surface area contributed by atoms with Crippen molar-refractivity contribution in [2.75, 3.05) is 18.1 Å². The molecule has 0 aromatic heterocycles. The van der Waals surface area contributed by atoms with Crippen LogP contribution in [-0.2, 0) is 18.8 Å². The number of ether oxygens (including phenoxy) is 1. The fourth-order valence-corrected chi connectivity index (χ4v) is 13.7. The number of fused-ring (bicyclic) bond motifs is 3. The number of halogens is 1. The number of phenolic OH excluding ortho intramolecular Hbond substituents is 1. The Morgan fingerprint density at radius 2 is 1.61 bits per heavy atom. The van der Waals surface area contributed by atoms with E-state index in [9.17, 15) is 29.1 Å². The van der Waals surface area contributed by atoms with Crippen LogP contribution in [0.4, 0.5) is 10.1 Å². The van der Waals surface area contributed by atoms with Gasteiger partial charge in [-0.2, -0.15) is 0 Å². The van der Waals surface area contributed by atoms with Gasteiger partial charge in [-0.3, -0.25) is 14.5 Å². The largest absolute Gasteiger partial charge is 0.505 e. The van der Waals surface area contributed by atoms with Crippen LogP contribution in [-0.4, -0.2) is 61.7 Å². The molecule has 4 aromatic rings. The first-order chi connectivity index (χ1) is 26.8. The molecule has 0 bridgehead atoms. The summed E-state index contributed by atoms with van der Waals surface area (Å²) in [6.07, 6.45) is 3.97. The number of phenols is 1. The minimum atomic E-state index is -2.98. The van der Waals surface area contributed by atoms with E-state index >= 15 is 0 Å². The molecule has 3 N–H and O–H groups in total. The number of aromatic hydroxyl groups is 1. The van der Waals surface area contributed by atoms with E-state index in [1.807, 2.05) is 42.5 Å². The van der Waals surface area contributed by atoms with Crippen molar-refractivity contribution in [1.29, 1.82) is 0 Å². The van der Waals surface area contributed by atoms with Crippen molar-refractivity contribution < 1.29 is 38.3 Å². The highest BCUT2D eigenvalue weighted by Crippen LogP contribution is 2.51. The number of allylic oxidation sites excluding steroid dienone is 1. The molecule has 3 aliphatic rings. The first-order valence-corrected chi connectivity index (χ1v) is 21.3. The normalized spacial score (nSPS) is 21.4. The predicted molar refractivity (Wildman–Crippen MR) is 220 cm³/mol. The number of amides is 2. The zero-order valence-corrected chi connectivity index (χ0v) is 33.3. The van der Waals surface area contributed by atoms with Gasteiger partial charge in [-0.05, 0) is 87.5 Å². The zero-order chi connectivity index (χ0) is 39.8. The molecule has 2 heterocycles. The molecule has 2 aliphatic heterocycles. The van der Waals surface area contributed by atoms with Crippen LogP contribution in [0.15, 0.2) is 120 Å². The topological polar surface area (TPSA) is 117 Å². The van der Waals surface area contributed by atoms with Crippen LogP contribution >= 0.6 is 0 Å². The molecule has 7 rings (SSSR count). The number of carbonyl (C=O) groups excluding carboxylic acids is 2. The van der Waals surface area contributed by atoms with Crippen LogP contribution < -0.4 is 20.7 Å². The first kappa shape index (κ1) is 39.6. The third-order valence-corrected chi connectivity index (χ3v) is 16.8. The van der Waals surface area contributed by atoms with Gasteiger partial charge in [0.15, 0.2) is 11.6 Å². The van der Waals surface area contributed by atoms with Gasteiger partial charge in [0.25, 0.3) is 8.32 Å². The third-order valence-electron chi connectivity index (χ3n) is 11.8. The molecule has 2 amide bonds. The fourth-order valence-electron chi connectivity index (χ4n) is 9.16. The van der Waals surface area contributed by atoms with E-state index in [1.165, 1.54) is 23.1 Å². The number of hydrogen-bond acceptors (Lipinski definition) is 7. The van der Waals surface area contributed by atoms with Gasteiger partial charge in [-0.25, -0.2) is 4.39 Å². The minimum absolute atomic E-state index is 0.190. The molecular weight excluding hydrogens is 724 g/mol. The molecule has 4 atom stereocenters. The van der Waals surface area contributed by atoms with Gasteiger partial charge in [-0.1, -0.05) is 118 Å². The number of carbonyl (C=O) groups is 2. The number of imide groups is 1. The summed E-state index contributed by atoms with van der Waals surface area (Å²) < 4.78 is 28.3. The summed E-state index contributed by atoms with van der Waals surface area (Å²) in [6, 6.07) is 31.4. The molecule has 0 saturated carbocycles. The lowest BCUT2D eigenvalue weighted by Gasteiger charge is -2.44. The lowest BCUT2D eigenvalue weighted by molar-refractivity contribution is -0.122. The van der Waals surface area contributed by atoms with Gasteiger partial charge in [-0.15, -0.1) is 0 Å². The minimum Gasteiger partial charge on any atom is -0.505 e.